The topological polar surface area (TPSA) is 114 Å². The highest BCUT2D eigenvalue weighted by Gasteiger charge is 2.48. The third-order valence-corrected chi connectivity index (χ3v) is 9.55. The van der Waals surface area contributed by atoms with Gasteiger partial charge in [0.1, 0.15) is 6.79 Å². The zero-order valence-corrected chi connectivity index (χ0v) is 27.5. The second-order valence-electron chi connectivity index (χ2n) is 13.1. The van der Waals surface area contributed by atoms with Crippen molar-refractivity contribution in [2.45, 2.75) is 145 Å². The number of rotatable bonds is 19. The van der Waals surface area contributed by atoms with Crippen LogP contribution in [0.5, 0.6) is 0 Å². The summed E-state index contributed by atoms with van der Waals surface area (Å²) in [6.07, 6.45) is 13.1. The lowest BCUT2D eigenvalue weighted by molar-refractivity contribution is -0.373. The van der Waals surface area contributed by atoms with Crippen molar-refractivity contribution >= 4 is 0 Å². The van der Waals surface area contributed by atoms with E-state index in [0.717, 1.165) is 57.8 Å². The predicted octanol–water partition coefficient (Wildman–Crippen LogP) is 5.18. The lowest BCUT2D eigenvalue weighted by Crippen LogP contribution is -2.46. The Hall–Kier alpha value is -1.44. The molecule has 1 aromatic rings. The highest BCUT2D eigenvalue weighted by atomic mass is 16.9. The Balaban J connectivity index is 0.953. The van der Waals surface area contributed by atoms with Crippen LogP contribution in [-0.2, 0) is 44.5 Å². The Morgan fingerprint density at radius 3 is 2.43 bits per heavy atom. The number of ether oxygens (including phenoxy) is 8. The average molecular weight is 649 g/mol. The van der Waals surface area contributed by atoms with Gasteiger partial charge in [0.05, 0.1) is 68.7 Å². The Morgan fingerprint density at radius 1 is 0.891 bits per heavy atom. The lowest BCUT2D eigenvalue weighted by atomic mass is 9.99. The van der Waals surface area contributed by atoms with E-state index in [1.807, 2.05) is 30.4 Å². The van der Waals surface area contributed by atoms with E-state index < -0.39 is 18.2 Å². The van der Waals surface area contributed by atoms with Gasteiger partial charge in [-0.05, 0) is 82.6 Å². The molecule has 4 heterocycles. The second-order valence-corrected chi connectivity index (χ2v) is 13.1. The first-order valence-corrected chi connectivity index (χ1v) is 17.5. The minimum atomic E-state index is -0.870. The molecule has 4 aliphatic heterocycles. The molecule has 46 heavy (non-hydrogen) atoms. The Morgan fingerprint density at radius 2 is 1.63 bits per heavy atom. The van der Waals surface area contributed by atoms with Gasteiger partial charge in [0.25, 0.3) is 5.97 Å². The average Bonchev–Trinajstić information content (AvgIpc) is 3.86. The molecule has 10 heteroatoms. The summed E-state index contributed by atoms with van der Waals surface area (Å²) in [7, 11) is 1.60. The van der Waals surface area contributed by atoms with E-state index >= 15 is 0 Å². The molecule has 1 spiro atoms. The summed E-state index contributed by atoms with van der Waals surface area (Å²) in [4.78, 5) is 0. The fraction of sp³-hybridized carbons (Fsp3) is 0.778. The molecule has 0 unspecified atom stereocenters. The molecule has 0 aromatic heterocycles. The van der Waals surface area contributed by atoms with Crippen molar-refractivity contribution in [2.75, 3.05) is 33.7 Å². The van der Waals surface area contributed by atoms with Gasteiger partial charge in [-0.3, -0.25) is 0 Å². The normalized spacial score (nSPS) is 29.9. The van der Waals surface area contributed by atoms with Gasteiger partial charge < -0.3 is 48.1 Å². The van der Waals surface area contributed by atoms with Crippen LogP contribution in [0.4, 0.5) is 0 Å². The molecule has 5 rings (SSSR count). The molecule has 260 valence electrons. The Kier molecular flexibility index (Phi) is 14.8. The molecular weight excluding hydrogens is 592 g/mol. The maximum atomic E-state index is 10.9. The Labute approximate surface area is 274 Å². The number of methoxy groups -OCH3 is 1. The highest BCUT2D eigenvalue weighted by Crippen LogP contribution is 2.40. The molecule has 4 saturated heterocycles. The zero-order valence-electron chi connectivity index (χ0n) is 27.5. The second kappa shape index (κ2) is 18.9. The van der Waals surface area contributed by atoms with Crippen molar-refractivity contribution in [3.8, 4) is 0 Å². The van der Waals surface area contributed by atoms with Crippen molar-refractivity contribution in [3.05, 3.63) is 48.0 Å². The lowest BCUT2D eigenvalue weighted by Gasteiger charge is -2.38. The van der Waals surface area contributed by atoms with Crippen LogP contribution in [0.15, 0.2) is 42.5 Å². The number of aliphatic hydroxyl groups excluding tert-OH is 2. The molecule has 0 bridgehead atoms. The van der Waals surface area contributed by atoms with Crippen molar-refractivity contribution in [3.63, 3.8) is 0 Å². The van der Waals surface area contributed by atoms with Gasteiger partial charge in [-0.2, -0.15) is 0 Å². The van der Waals surface area contributed by atoms with Crippen LogP contribution in [0.25, 0.3) is 0 Å². The van der Waals surface area contributed by atoms with Crippen molar-refractivity contribution < 1.29 is 48.1 Å². The van der Waals surface area contributed by atoms with Crippen LogP contribution in [0, 0.1) is 0 Å². The van der Waals surface area contributed by atoms with Gasteiger partial charge in [0.2, 0.25) is 0 Å². The van der Waals surface area contributed by atoms with Crippen LogP contribution >= 0.6 is 0 Å². The van der Waals surface area contributed by atoms with Crippen molar-refractivity contribution in [1.29, 1.82) is 0 Å². The van der Waals surface area contributed by atoms with E-state index in [9.17, 15) is 10.2 Å². The highest BCUT2D eigenvalue weighted by molar-refractivity contribution is 5.13. The molecule has 0 radical (unpaired) electrons. The zero-order chi connectivity index (χ0) is 32.0. The summed E-state index contributed by atoms with van der Waals surface area (Å²) in [5.41, 5.74) is 1.17. The smallest absolute Gasteiger partial charge is 0.283 e. The Bertz CT molecular complexity index is 1000. The first-order chi connectivity index (χ1) is 22.5. The number of benzene rings is 1. The van der Waals surface area contributed by atoms with Crippen LogP contribution in [0.2, 0.25) is 0 Å². The maximum Gasteiger partial charge on any atom is 0.283 e. The van der Waals surface area contributed by atoms with Crippen LogP contribution in [0.1, 0.15) is 89.0 Å². The third-order valence-electron chi connectivity index (χ3n) is 9.55. The third kappa shape index (κ3) is 11.1. The molecule has 10 nitrogen and oxygen atoms in total. The molecule has 4 aliphatic rings. The fourth-order valence-electron chi connectivity index (χ4n) is 7.06. The van der Waals surface area contributed by atoms with Gasteiger partial charge in [-0.15, -0.1) is 0 Å². The number of hydrogen-bond donors (Lipinski definition) is 2. The van der Waals surface area contributed by atoms with E-state index in [4.69, 9.17) is 37.9 Å². The summed E-state index contributed by atoms with van der Waals surface area (Å²) >= 11 is 0. The van der Waals surface area contributed by atoms with Crippen LogP contribution in [-0.4, -0.2) is 98.7 Å². The van der Waals surface area contributed by atoms with E-state index in [-0.39, 0.29) is 43.4 Å². The molecule has 2 N–H and O–H groups in total. The van der Waals surface area contributed by atoms with Gasteiger partial charge in [-0.1, -0.05) is 42.5 Å². The number of hydrogen-bond acceptors (Lipinski definition) is 10. The van der Waals surface area contributed by atoms with E-state index in [1.165, 1.54) is 5.56 Å². The summed E-state index contributed by atoms with van der Waals surface area (Å²) in [6, 6.07) is 10.1. The molecule has 0 aliphatic carbocycles. The minimum Gasteiger partial charge on any atom is -0.393 e. The molecule has 0 saturated carbocycles. The molecule has 1 aromatic carbocycles. The number of aliphatic hydroxyl groups is 2. The minimum absolute atomic E-state index is 0.00565. The van der Waals surface area contributed by atoms with Crippen LogP contribution < -0.4 is 0 Å². The largest absolute Gasteiger partial charge is 0.393 e. The first-order valence-electron chi connectivity index (χ1n) is 17.5. The van der Waals surface area contributed by atoms with Gasteiger partial charge in [-0.25, -0.2) is 0 Å². The quantitative estimate of drug-likeness (QED) is 0.118. The molecular formula is C36H56O10. The maximum absolute atomic E-state index is 10.9. The SMILES string of the molecule is COCO[C@H](C/C=C/C[C@H](O)[C@H]1CC[C@@H]([C@H]2CC[C@H]([C@@H]3CCCC4(OCCO4)O3)O2)O1)C[C@@H](O)CCCCOCc1ccccc1. The van der Waals surface area contributed by atoms with E-state index in [1.54, 1.807) is 7.11 Å². The molecule has 4 fully saturated rings. The van der Waals surface area contributed by atoms with Gasteiger partial charge >= 0.3 is 0 Å². The summed E-state index contributed by atoms with van der Waals surface area (Å²) in [6.45, 7) is 2.63. The van der Waals surface area contributed by atoms with E-state index in [0.29, 0.717) is 52.1 Å². The van der Waals surface area contributed by atoms with Crippen molar-refractivity contribution in [2.24, 2.45) is 0 Å². The standard InChI is InChI=1S/C36H56O10/c1-39-26-41-29(24-28(37)12-7-8-21-40-25-27-10-3-2-4-11-27)13-5-6-14-30(38)31-16-17-32(44-31)33-18-19-34(45-33)35-15-9-20-36(46-35)42-22-23-43-36/h2-6,10-11,28-35,37-38H,7-9,12-26H2,1H3/b6-5+/t28-,29+,30-,31+,32-,33+,34+,35-/m0/s1. The predicted molar refractivity (Wildman–Crippen MR) is 171 cm³/mol. The van der Waals surface area contributed by atoms with E-state index in [2.05, 4.69) is 12.1 Å². The molecule has 8 atom stereocenters. The van der Waals surface area contributed by atoms with Gasteiger partial charge in [0, 0.05) is 20.1 Å². The van der Waals surface area contributed by atoms with Crippen molar-refractivity contribution in [1.82, 2.24) is 0 Å². The van der Waals surface area contributed by atoms with Gasteiger partial charge in [0.15, 0.2) is 0 Å². The summed E-state index contributed by atoms with van der Waals surface area (Å²) in [5.74, 6) is -0.870. The fourth-order valence-corrected chi connectivity index (χ4v) is 7.06. The summed E-state index contributed by atoms with van der Waals surface area (Å²) < 4.78 is 47.3. The van der Waals surface area contributed by atoms with Crippen LogP contribution in [0.3, 0.4) is 0 Å². The first kappa shape index (κ1) is 35.9. The molecule has 0 amide bonds. The number of unbranched alkanes of at least 4 members (excludes halogenated alkanes) is 1. The summed E-state index contributed by atoms with van der Waals surface area (Å²) in [5, 5.41) is 21.5. The monoisotopic (exact) mass is 648 g/mol.